The average molecular weight is 339 g/mol. The topological polar surface area (TPSA) is 49.2 Å². The first-order valence-corrected chi connectivity index (χ1v) is 8.57. The zero-order valence-corrected chi connectivity index (χ0v) is 14.1. The van der Waals surface area contributed by atoms with Crippen LogP contribution in [0.1, 0.15) is 5.56 Å². The molecule has 0 unspecified atom stereocenters. The average Bonchev–Trinajstić information content (AvgIpc) is 3.25. The summed E-state index contributed by atoms with van der Waals surface area (Å²) < 4.78 is 13.9. The third kappa shape index (κ3) is 2.73. The molecule has 24 heavy (non-hydrogen) atoms. The zero-order chi connectivity index (χ0) is 16.4. The van der Waals surface area contributed by atoms with Crippen molar-refractivity contribution in [3.05, 3.63) is 66.2 Å². The van der Waals surface area contributed by atoms with Crippen molar-refractivity contribution in [3.8, 4) is 11.4 Å². The molecule has 1 fully saturated rings. The molecular formula is C18H17N3O2S. The van der Waals surface area contributed by atoms with Gasteiger partial charge in [0.15, 0.2) is 11.0 Å². The Balaban J connectivity index is 1.68. The molecule has 0 aliphatic carbocycles. The second-order valence-electron chi connectivity index (χ2n) is 5.45. The van der Waals surface area contributed by atoms with Gasteiger partial charge in [-0.1, -0.05) is 60.7 Å². The van der Waals surface area contributed by atoms with Gasteiger partial charge in [0.25, 0.3) is 5.12 Å². The Bertz CT molecular complexity index is 815. The summed E-state index contributed by atoms with van der Waals surface area (Å²) >= 11 is 1.44. The quantitative estimate of drug-likeness (QED) is 0.729. The van der Waals surface area contributed by atoms with Gasteiger partial charge in [0, 0.05) is 18.2 Å². The van der Waals surface area contributed by atoms with Crippen LogP contribution in [0.3, 0.4) is 0 Å². The zero-order valence-electron chi connectivity index (χ0n) is 13.3. The van der Waals surface area contributed by atoms with E-state index in [1.54, 1.807) is 0 Å². The lowest BCUT2D eigenvalue weighted by Gasteiger charge is -2.26. The number of thioether (sulfide) groups is 1. The largest absolute Gasteiger partial charge is 0.335 e. The van der Waals surface area contributed by atoms with E-state index in [0.29, 0.717) is 13.2 Å². The maximum absolute atomic E-state index is 5.96. The van der Waals surface area contributed by atoms with Crippen molar-refractivity contribution >= 4 is 11.8 Å². The predicted molar refractivity (Wildman–Crippen MR) is 92.3 cm³/mol. The van der Waals surface area contributed by atoms with Crippen LogP contribution in [0, 0.1) is 0 Å². The van der Waals surface area contributed by atoms with Crippen LogP contribution in [-0.2, 0) is 21.6 Å². The fourth-order valence-corrected chi connectivity index (χ4v) is 3.77. The molecule has 1 aromatic heterocycles. The van der Waals surface area contributed by atoms with Crippen molar-refractivity contribution in [2.75, 3.05) is 13.2 Å². The van der Waals surface area contributed by atoms with E-state index >= 15 is 0 Å². The summed E-state index contributed by atoms with van der Waals surface area (Å²) in [6.07, 6.45) is 0. The maximum atomic E-state index is 5.96. The van der Waals surface area contributed by atoms with Crippen LogP contribution in [0.25, 0.3) is 11.4 Å². The van der Waals surface area contributed by atoms with Gasteiger partial charge >= 0.3 is 0 Å². The summed E-state index contributed by atoms with van der Waals surface area (Å²) in [6.45, 7) is 1.12. The van der Waals surface area contributed by atoms with Crippen LogP contribution < -0.4 is 0 Å². The number of nitrogens with zero attached hydrogens (tertiary/aromatic N) is 3. The van der Waals surface area contributed by atoms with Crippen molar-refractivity contribution in [2.45, 2.75) is 10.3 Å². The standard InChI is InChI=1S/C18H17N3O2S/c1-21-16(14-8-4-2-5-9-14)19-20-17(21)24-18(22-12-13-23-18)15-10-6-3-7-11-15/h2-11H,12-13H2,1H3. The highest BCUT2D eigenvalue weighted by Crippen LogP contribution is 2.45. The third-order valence-electron chi connectivity index (χ3n) is 3.89. The number of hydrogen-bond acceptors (Lipinski definition) is 5. The third-order valence-corrected chi connectivity index (χ3v) is 5.17. The second kappa shape index (κ2) is 6.39. The number of aromatic nitrogens is 3. The number of hydrogen-bond donors (Lipinski definition) is 0. The van der Waals surface area contributed by atoms with Crippen molar-refractivity contribution in [3.63, 3.8) is 0 Å². The minimum atomic E-state index is -0.865. The SMILES string of the molecule is Cn1c(SC2(c3ccccc3)OCCO2)nnc1-c1ccccc1. The summed E-state index contributed by atoms with van der Waals surface area (Å²) in [5.74, 6) is 0.819. The van der Waals surface area contributed by atoms with E-state index in [1.807, 2.05) is 72.3 Å². The molecule has 0 amide bonds. The van der Waals surface area contributed by atoms with Gasteiger partial charge in [-0.15, -0.1) is 10.2 Å². The van der Waals surface area contributed by atoms with Crippen LogP contribution in [-0.4, -0.2) is 28.0 Å². The van der Waals surface area contributed by atoms with Crippen LogP contribution in [0.2, 0.25) is 0 Å². The van der Waals surface area contributed by atoms with E-state index in [-0.39, 0.29) is 0 Å². The van der Waals surface area contributed by atoms with Crippen LogP contribution in [0.5, 0.6) is 0 Å². The monoisotopic (exact) mass is 339 g/mol. The Hall–Kier alpha value is -2.15. The predicted octanol–water partition coefficient (Wildman–Crippen LogP) is 3.43. The molecule has 2 aromatic carbocycles. The first-order chi connectivity index (χ1) is 11.8. The number of rotatable bonds is 4. The van der Waals surface area contributed by atoms with Gasteiger partial charge in [-0.25, -0.2) is 0 Å². The highest BCUT2D eigenvalue weighted by Gasteiger charge is 2.41. The fraction of sp³-hybridized carbons (Fsp3) is 0.222. The molecule has 1 saturated heterocycles. The Kier molecular flexibility index (Phi) is 4.10. The molecule has 122 valence electrons. The Labute approximate surface area is 144 Å². The van der Waals surface area contributed by atoms with Crippen molar-refractivity contribution in [1.82, 2.24) is 14.8 Å². The summed E-state index contributed by atoms with van der Waals surface area (Å²) in [5, 5.41) is 8.56. The molecular weight excluding hydrogens is 322 g/mol. The molecule has 4 rings (SSSR count). The maximum Gasteiger partial charge on any atom is 0.253 e. The highest BCUT2D eigenvalue weighted by atomic mass is 32.2. The van der Waals surface area contributed by atoms with E-state index in [1.165, 1.54) is 11.8 Å². The molecule has 1 aliphatic rings. The first-order valence-electron chi connectivity index (χ1n) is 7.76. The molecule has 1 aliphatic heterocycles. The summed E-state index contributed by atoms with van der Waals surface area (Å²) in [7, 11) is 1.96. The van der Waals surface area contributed by atoms with E-state index in [4.69, 9.17) is 9.47 Å². The molecule has 0 radical (unpaired) electrons. The molecule has 0 bridgehead atoms. The van der Waals surface area contributed by atoms with Gasteiger partial charge in [-0.2, -0.15) is 0 Å². The minimum Gasteiger partial charge on any atom is -0.335 e. The van der Waals surface area contributed by atoms with Gasteiger partial charge in [0.05, 0.1) is 13.2 Å². The van der Waals surface area contributed by atoms with Gasteiger partial charge in [-0.05, 0) is 11.8 Å². The molecule has 0 atom stereocenters. The first kappa shape index (κ1) is 15.4. The van der Waals surface area contributed by atoms with Crippen molar-refractivity contribution in [2.24, 2.45) is 7.05 Å². The van der Waals surface area contributed by atoms with Crippen LogP contribution in [0.4, 0.5) is 0 Å². The van der Waals surface area contributed by atoms with Gasteiger partial charge in [-0.3, -0.25) is 0 Å². The smallest absolute Gasteiger partial charge is 0.253 e. The molecule has 0 N–H and O–H groups in total. The Morgan fingerprint density at radius 1 is 0.917 bits per heavy atom. The minimum absolute atomic E-state index is 0.561. The van der Waals surface area contributed by atoms with Gasteiger partial charge in [0.1, 0.15) is 0 Å². The van der Waals surface area contributed by atoms with E-state index in [9.17, 15) is 0 Å². The molecule has 2 heterocycles. The lowest BCUT2D eigenvalue weighted by Crippen LogP contribution is -2.23. The lowest BCUT2D eigenvalue weighted by molar-refractivity contribution is -0.0818. The Morgan fingerprint density at radius 3 is 2.21 bits per heavy atom. The molecule has 0 saturated carbocycles. The fourth-order valence-electron chi connectivity index (χ4n) is 2.68. The molecule has 6 heteroatoms. The summed E-state index contributed by atoms with van der Waals surface area (Å²) in [6, 6.07) is 20.0. The summed E-state index contributed by atoms with van der Waals surface area (Å²) in [4.78, 5) is 0. The summed E-state index contributed by atoms with van der Waals surface area (Å²) in [5.41, 5.74) is 2.00. The van der Waals surface area contributed by atoms with Gasteiger partial charge in [0.2, 0.25) is 0 Å². The number of benzene rings is 2. The lowest BCUT2D eigenvalue weighted by atomic mass is 10.2. The van der Waals surface area contributed by atoms with Crippen molar-refractivity contribution < 1.29 is 9.47 Å². The molecule has 3 aromatic rings. The second-order valence-corrected chi connectivity index (χ2v) is 6.56. The van der Waals surface area contributed by atoms with Crippen LogP contribution >= 0.6 is 11.8 Å². The van der Waals surface area contributed by atoms with E-state index < -0.39 is 5.12 Å². The van der Waals surface area contributed by atoms with Crippen molar-refractivity contribution in [1.29, 1.82) is 0 Å². The Morgan fingerprint density at radius 2 is 1.54 bits per heavy atom. The molecule has 5 nitrogen and oxygen atoms in total. The van der Waals surface area contributed by atoms with E-state index in [2.05, 4.69) is 10.2 Å². The van der Waals surface area contributed by atoms with Crippen LogP contribution in [0.15, 0.2) is 65.8 Å². The highest BCUT2D eigenvalue weighted by molar-refractivity contribution is 7.99. The normalized spacial score (nSPS) is 16.4. The van der Waals surface area contributed by atoms with Gasteiger partial charge < -0.3 is 14.0 Å². The number of ether oxygens (including phenoxy) is 2. The van der Waals surface area contributed by atoms with E-state index in [0.717, 1.165) is 22.1 Å². The molecule has 0 spiro atoms.